The number of aliphatic hydroxyl groups is 3. The van der Waals surface area contributed by atoms with E-state index in [-0.39, 0.29) is 11.2 Å². The quantitative estimate of drug-likeness (QED) is 0.448. The summed E-state index contributed by atoms with van der Waals surface area (Å²) >= 11 is 1.36. The van der Waals surface area contributed by atoms with Crippen LogP contribution in [0.4, 0.5) is 0 Å². The van der Waals surface area contributed by atoms with Gasteiger partial charge in [0.2, 0.25) is 0 Å². The molecule has 0 spiro atoms. The van der Waals surface area contributed by atoms with Crippen LogP contribution in [0, 0.1) is 0 Å². The van der Waals surface area contributed by atoms with Crippen molar-refractivity contribution in [1.82, 2.24) is 19.5 Å². The van der Waals surface area contributed by atoms with E-state index in [1.807, 2.05) is 30.3 Å². The summed E-state index contributed by atoms with van der Waals surface area (Å²) in [5.41, 5.74) is 1.01. The van der Waals surface area contributed by atoms with Gasteiger partial charge in [0, 0.05) is 5.75 Å². The van der Waals surface area contributed by atoms with Crippen LogP contribution in [-0.4, -0.2) is 59.8 Å². The predicted octanol–water partition coefficient (Wildman–Crippen LogP) is 0.0234. The van der Waals surface area contributed by atoms with Gasteiger partial charge in [-0.15, -0.1) is 0 Å². The van der Waals surface area contributed by atoms with E-state index >= 15 is 0 Å². The van der Waals surface area contributed by atoms with E-state index in [0.717, 1.165) is 5.56 Å². The third-order valence-electron chi connectivity index (χ3n) is 4.43. The summed E-state index contributed by atoms with van der Waals surface area (Å²) in [5.74, 6) is 0.580. The lowest BCUT2D eigenvalue weighted by atomic mass is 10.1. The average Bonchev–Trinajstić information content (AvgIpc) is 3.19. The number of fused-ring (bicyclic) bond motifs is 1. The van der Waals surface area contributed by atoms with Crippen molar-refractivity contribution < 1.29 is 20.1 Å². The van der Waals surface area contributed by atoms with E-state index in [1.54, 1.807) is 0 Å². The maximum atomic E-state index is 12.1. The SMILES string of the molecule is O=c1[nH]cnc2c1nc(SCc1ccccc1)n2[C@@H]1O[C@H](CO)C(O)C1O. The molecule has 1 aliphatic heterocycles. The Kier molecular flexibility index (Phi) is 4.98. The normalized spacial score (nSPS) is 25.3. The number of thioether (sulfide) groups is 1. The van der Waals surface area contributed by atoms with Gasteiger partial charge in [-0.05, 0) is 5.56 Å². The molecule has 4 N–H and O–H groups in total. The monoisotopic (exact) mass is 390 g/mol. The van der Waals surface area contributed by atoms with Crippen molar-refractivity contribution in [2.45, 2.75) is 35.4 Å². The highest BCUT2D eigenvalue weighted by Gasteiger charge is 2.45. The van der Waals surface area contributed by atoms with Crippen LogP contribution in [0.25, 0.3) is 11.2 Å². The van der Waals surface area contributed by atoms with Crippen LogP contribution < -0.4 is 5.56 Å². The van der Waals surface area contributed by atoms with Crippen LogP contribution in [0.15, 0.2) is 46.6 Å². The zero-order valence-corrected chi connectivity index (χ0v) is 14.9. The van der Waals surface area contributed by atoms with Gasteiger partial charge in [-0.1, -0.05) is 42.1 Å². The number of rotatable bonds is 5. The van der Waals surface area contributed by atoms with Crippen molar-refractivity contribution in [3.8, 4) is 0 Å². The van der Waals surface area contributed by atoms with Gasteiger partial charge in [-0.3, -0.25) is 9.36 Å². The Morgan fingerprint density at radius 2 is 2.00 bits per heavy atom. The number of ether oxygens (including phenoxy) is 1. The minimum absolute atomic E-state index is 0.116. The molecule has 3 heterocycles. The lowest BCUT2D eigenvalue weighted by Crippen LogP contribution is -2.33. The van der Waals surface area contributed by atoms with Gasteiger partial charge in [0.05, 0.1) is 12.9 Å². The topological polar surface area (TPSA) is 133 Å². The largest absolute Gasteiger partial charge is 0.394 e. The van der Waals surface area contributed by atoms with Crippen LogP contribution in [0.3, 0.4) is 0 Å². The van der Waals surface area contributed by atoms with Crippen LogP contribution in [0.1, 0.15) is 11.8 Å². The molecule has 0 amide bonds. The molecule has 4 rings (SSSR count). The number of nitrogens with zero attached hydrogens (tertiary/aromatic N) is 3. The smallest absolute Gasteiger partial charge is 0.278 e. The summed E-state index contributed by atoms with van der Waals surface area (Å²) in [5, 5.41) is 30.3. The number of aliphatic hydroxyl groups excluding tert-OH is 3. The second-order valence-corrected chi connectivity index (χ2v) is 7.11. The second-order valence-electron chi connectivity index (χ2n) is 6.17. The van der Waals surface area contributed by atoms with Crippen molar-refractivity contribution in [3.63, 3.8) is 0 Å². The maximum Gasteiger partial charge on any atom is 0.278 e. The molecular weight excluding hydrogens is 372 g/mol. The summed E-state index contributed by atoms with van der Waals surface area (Å²) < 4.78 is 7.13. The van der Waals surface area contributed by atoms with Crippen molar-refractivity contribution in [2.24, 2.45) is 0 Å². The molecule has 4 atom stereocenters. The molecule has 1 saturated heterocycles. The summed E-state index contributed by atoms with van der Waals surface area (Å²) in [6.07, 6.45) is -3.26. The van der Waals surface area contributed by atoms with E-state index in [4.69, 9.17) is 4.74 Å². The first-order valence-electron chi connectivity index (χ1n) is 8.35. The second kappa shape index (κ2) is 7.41. The van der Waals surface area contributed by atoms with Gasteiger partial charge in [-0.2, -0.15) is 0 Å². The van der Waals surface area contributed by atoms with Crippen molar-refractivity contribution in [1.29, 1.82) is 0 Å². The van der Waals surface area contributed by atoms with E-state index in [0.29, 0.717) is 10.9 Å². The Hall–Kier alpha value is -2.24. The number of H-pyrrole nitrogens is 1. The van der Waals surface area contributed by atoms with E-state index in [1.165, 1.54) is 22.7 Å². The molecule has 9 nitrogen and oxygen atoms in total. The molecule has 0 radical (unpaired) electrons. The third-order valence-corrected chi connectivity index (χ3v) is 5.46. The number of nitrogens with one attached hydrogen (secondary N) is 1. The highest BCUT2D eigenvalue weighted by atomic mass is 32.2. The van der Waals surface area contributed by atoms with Crippen molar-refractivity contribution in [2.75, 3.05) is 6.61 Å². The molecule has 2 unspecified atom stereocenters. The summed E-state index contributed by atoms with van der Waals surface area (Å²) in [4.78, 5) is 23.1. The van der Waals surface area contributed by atoms with Crippen molar-refractivity contribution in [3.05, 3.63) is 52.6 Å². The number of hydrogen-bond acceptors (Lipinski definition) is 8. The van der Waals surface area contributed by atoms with Gasteiger partial charge in [-0.25, -0.2) is 9.97 Å². The molecule has 10 heteroatoms. The van der Waals surface area contributed by atoms with Gasteiger partial charge in [0.1, 0.15) is 18.3 Å². The average molecular weight is 390 g/mol. The van der Waals surface area contributed by atoms with Gasteiger partial charge in [0.25, 0.3) is 5.56 Å². The summed E-state index contributed by atoms with van der Waals surface area (Å²) in [7, 11) is 0. The summed E-state index contributed by atoms with van der Waals surface area (Å²) in [6.45, 7) is -0.443. The van der Waals surface area contributed by atoms with E-state index < -0.39 is 36.7 Å². The molecule has 0 aliphatic carbocycles. The first-order valence-corrected chi connectivity index (χ1v) is 9.33. The maximum absolute atomic E-state index is 12.1. The van der Waals surface area contributed by atoms with Gasteiger partial charge >= 0.3 is 0 Å². The molecule has 1 aliphatic rings. The summed E-state index contributed by atoms with van der Waals surface area (Å²) in [6, 6.07) is 9.72. The lowest BCUT2D eigenvalue weighted by molar-refractivity contribution is -0.0548. The van der Waals surface area contributed by atoms with Crippen LogP contribution in [0.5, 0.6) is 0 Å². The molecular formula is C17H18N4O5S. The Balaban J connectivity index is 1.76. The first kappa shape index (κ1) is 18.1. The van der Waals surface area contributed by atoms with E-state index in [2.05, 4.69) is 15.0 Å². The number of aromatic amines is 1. The van der Waals surface area contributed by atoms with Crippen LogP contribution in [0.2, 0.25) is 0 Å². The Morgan fingerprint density at radius 3 is 2.70 bits per heavy atom. The zero-order chi connectivity index (χ0) is 19.0. The van der Waals surface area contributed by atoms with E-state index in [9.17, 15) is 20.1 Å². The fourth-order valence-corrected chi connectivity index (χ4v) is 4.02. The number of benzene rings is 1. The minimum Gasteiger partial charge on any atom is -0.394 e. The van der Waals surface area contributed by atoms with Crippen LogP contribution in [-0.2, 0) is 10.5 Å². The molecule has 2 aromatic heterocycles. The Labute approximate surface area is 157 Å². The molecule has 0 saturated carbocycles. The zero-order valence-electron chi connectivity index (χ0n) is 14.1. The number of hydrogen-bond donors (Lipinski definition) is 4. The number of aromatic nitrogens is 4. The van der Waals surface area contributed by atoms with Gasteiger partial charge < -0.3 is 25.0 Å². The fraction of sp³-hybridized carbons (Fsp3) is 0.353. The first-order chi connectivity index (χ1) is 13.1. The molecule has 27 heavy (non-hydrogen) atoms. The molecule has 142 valence electrons. The minimum atomic E-state index is -1.29. The van der Waals surface area contributed by atoms with Gasteiger partial charge in [0.15, 0.2) is 22.5 Å². The highest BCUT2D eigenvalue weighted by molar-refractivity contribution is 7.98. The molecule has 1 aromatic carbocycles. The lowest BCUT2D eigenvalue weighted by Gasteiger charge is -2.19. The molecule has 0 bridgehead atoms. The fourth-order valence-electron chi connectivity index (χ4n) is 3.05. The van der Waals surface area contributed by atoms with Crippen molar-refractivity contribution >= 4 is 22.9 Å². The Bertz CT molecular complexity index is 992. The molecule has 3 aromatic rings. The number of imidazole rings is 1. The highest BCUT2D eigenvalue weighted by Crippen LogP contribution is 2.35. The molecule has 1 fully saturated rings. The standard InChI is InChI=1S/C17H18N4O5S/c22-6-10-12(23)13(24)16(26-10)21-14-11(15(25)19-8-18-14)20-17(21)27-7-9-4-2-1-3-5-9/h1-5,8,10,12-13,16,22-24H,6-7H2,(H,18,19,25)/t10-,12?,13?,16-/m1/s1. The predicted molar refractivity (Wildman–Crippen MR) is 97.2 cm³/mol. The Morgan fingerprint density at radius 1 is 1.22 bits per heavy atom. The third kappa shape index (κ3) is 3.26. The van der Waals surface area contributed by atoms with Crippen LogP contribution >= 0.6 is 11.8 Å².